The maximum atomic E-state index is 13.3. The third-order valence-electron chi connectivity index (χ3n) is 7.02. The van der Waals surface area contributed by atoms with E-state index in [1.807, 2.05) is 30.3 Å². The lowest BCUT2D eigenvalue weighted by Gasteiger charge is -2.46. The minimum absolute atomic E-state index is 0.00565. The molecule has 1 spiro atoms. The molecule has 2 heterocycles. The molecule has 2 aliphatic heterocycles. The van der Waals surface area contributed by atoms with E-state index in [0.717, 1.165) is 5.56 Å². The Balaban J connectivity index is 1.58. The highest BCUT2D eigenvalue weighted by molar-refractivity contribution is 5.79. The Labute approximate surface area is 199 Å². The van der Waals surface area contributed by atoms with Crippen molar-refractivity contribution in [3.63, 3.8) is 0 Å². The number of carbonyl (C=O) groups excluding carboxylic acids is 1. The van der Waals surface area contributed by atoms with Crippen molar-refractivity contribution in [2.45, 2.75) is 62.1 Å². The van der Waals surface area contributed by atoms with Crippen LogP contribution in [0, 0.1) is 0 Å². The quantitative estimate of drug-likeness (QED) is 0.516. The zero-order valence-corrected chi connectivity index (χ0v) is 19.0. The van der Waals surface area contributed by atoms with Crippen molar-refractivity contribution >= 4 is 5.91 Å². The lowest BCUT2D eigenvalue weighted by Crippen LogP contribution is -2.61. The smallest absolute Gasteiger partial charge is 0.372 e. The molecule has 0 aromatic heterocycles. The molecule has 35 heavy (non-hydrogen) atoms. The van der Waals surface area contributed by atoms with Gasteiger partial charge in [0.1, 0.15) is 0 Å². The monoisotopic (exact) mass is 500 g/mol. The standard InChI is InChI=1S/C25H26F6N2O2/c1-16(17-11-19(24(26,27)28)13-20(12-17)25(29,30)31)35-15-23(18-5-3-2-4-6-18)10-9-22(14-32-23)8-7-21(34)33-22/h2-6,11-13,16,32H,7-10,14-15H2,1H3,(H,33,34)/t16-,22+,23+/m1/s1. The molecule has 2 aromatic rings. The second-order valence-electron chi connectivity index (χ2n) is 9.42. The van der Waals surface area contributed by atoms with Gasteiger partial charge in [0.25, 0.3) is 0 Å². The van der Waals surface area contributed by atoms with E-state index in [-0.39, 0.29) is 29.7 Å². The van der Waals surface area contributed by atoms with Crippen molar-refractivity contribution in [2.24, 2.45) is 0 Å². The predicted molar refractivity (Wildman–Crippen MR) is 116 cm³/mol. The van der Waals surface area contributed by atoms with E-state index in [1.54, 1.807) is 0 Å². The highest BCUT2D eigenvalue weighted by atomic mass is 19.4. The van der Waals surface area contributed by atoms with Gasteiger partial charge in [0.05, 0.1) is 34.9 Å². The Hall–Kier alpha value is -2.59. The summed E-state index contributed by atoms with van der Waals surface area (Å²) in [7, 11) is 0. The van der Waals surface area contributed by atoms with Crippen LogP contribution in [-0.4, -0.2) is 24.6 Å². The first kappa shape index (κ1) is 25.5. The molecule has 2 aliphatic rings. The summed E-state index contributed by atoms with van der Waals surface area (Å²) in [5, 5.41) is 6.52. The molecule has 1 amide bonds. The first-order chi connectivity index (χ1) is 16.3. The molecule has 2 N–H and O–H groups in total. The van der Waals surface area contributed by atoms with E-state index < -0.39 is 35.1 Å². The Morgan fingerprint density at radius 2 is 1.57 bits per heavy atom. The van der Waals surface area contributed by atoms with Crippen LogP contribution in [0.2, 0.25) is 0 Å². The predicted octanol–water partition coefficient (Wildman–Crippen LogP) is 5.73. The average Bonchev–Trinajstić information content (AvgIpc) is 3.18. The lowest BCUT2D eigenvalue weighted by molar-refractivity contribution is -0.143. The number of halogens is 6. The molecular formula is C25H26F6N2O2. The average molecular weight is 500 g/mol. The van der Waals surface area contributed by atoms with Gasteiger partial charge in [-0.2, -0.15) is 26.3 Å². The van der Waals surface area contributed by atoms with Gasteiger partial charge in [-0.05, 0) is 55.5 Å². The van der Waals surface area contributed by atoms with E-state index >= 15 is 0 Å². The molecule has 2 fully saturated rings. The molecule has 3 atom stereocenters. The fraction of sp³-hybridized carbons (Fsp3) is 0.480. The number of alkyl halides is 6. The highest BCUT2D eigenvalue weighted by Gasteiger charge is 2.47. The maximum Gasteiger partial charge on any atom is 0.416 e. The van der Waals surface area contributed by atoms with Crippen molar-refractivity contribution in [1.82, 2.24) is 10.6 Å². The Morgan fingerprint density at radius 3 is 2.06 bits per heavy atom. The van der Waals surface area contributed by atoms with Crippen LogP contribution in [0.15, 0.2) is 48.5 Å². The molecule has 2 aromatic carbocycles. The van der Waals surface area contributed by atoms with Crippen LogP contribution in [-0.2, 0) is 27.4 Å². The van der Waals surface area contributed by atoms with Crippen LogP contribution < -0.4 is 10.6 Å². The summed E-state index contributed by atoms with van der Waals surface area (Å²) in [5.41, 5.74) is -3.11. The number of rotatable bonds is 5. The first-order valence-corrected chi connectivity index (χ1v) is 11.3. The van der Waals surface area contributed by atoms with Gasteiger partial charge in [-0.3, -0.25) is 4.79 Å². The minimum Gasteiger partial charge on any atom is -0.372 e. The Kier molecular flexibility index (Phi) is 6.65. The highest BCUT2D eigenvalue weighted by Crippen LogP contribution is 2.40. The first-order valence-electron chi connectivity index (χ1n) is 11.3. The summed E-state index contributed by atoms with van der Waals surface area (Å²) in [4.78, 5) is 11.8. The fourth-order valence-corrected chi connectivity index (χ4v) is 4.85. The molecule has 2 saturated heterocycles. The van der Waals surface area contributed by atoms with Gasteiger partial charge in [0.15, 0.2) is 0 Å². The topological polar surface area (TPSA) is 50.4 Å². The van der Waals surface area contributed by atoms with E-state index in [9.17, 15) is 31.1 Å². The fourth-order valence-electron chi connectivity index (χ4n) is 4.85. The van der Waals surface area contributed by atoms with Crippen molar-refractivity contribution < 1.29 is 35.9 Å². The largest absolute Gasteiger partial charge is 0.416 e. The summed E-state index contributed by atoms with van der Waals surface area (Å²) >= 11 is 0. The summed E-state index contributed by atoms with van der Waals surface area (Å²) in [6.07, 6.45) is -8.49. The number of carbonyl (C=O) groups is 1. The number of amides is 1. The molecule has 4 nitrogen and oxygen atoms in total. The SMILES string of the molecule is C[C@@H](OC[C@]1(c2ccccc2)CC[C@@]2(CCC(=O)N2)CN1)c1cc(C(F)(F)F)cc(C(F)(F)F)c1. The van der Waals surface area contributed by atoms with Gasteiger partial charge in [-0.15, -0.1) is 0 Å². The van der Waals surface area contributed by atoms with Gasteiger partial charge in [-0.25, -0.2) is 0 Å². The van der Waals surface area contributed by atoms with Crippen LogP contribution in [0.4, 0.5) is 26.3 Å². The Bertz CT molecular complexity index is 1030. The molecular weight excluding hydrogens is 474 g/mol. The Morgan fingerprint density at radius 1 is 0.943 bits per heavy atom. The number of ether oxygens (including phenoxy) is 1. The third kappa shape index (κ3) is 5.48. The number of hydrogen-bond donors (Lipinski definition) is 2. The molecule has 10 heteroatoms. The summed E-state index contributed by atoms with van der Waals surface area (Å²) in [5.74, 6) is -0.00565. The molecule has 190 valence electrons. The number of hydrogen-bond acceptors (Lipinski definition) is 3. The zero-order chi connectivity index (χ0) is 25.5. The van der Waals surface area contributed by atoms with Crippen molar-refractivity contribution in [3.05, 3.63) is 70.8 Å². The third-order valence-corrected chi connectivity index (χ3v) is 7.02. The molecule has 0 radical (unpaired) electrons. The summed E-state index contributed by atoms with van der Waals surface area (Å²) < 4.78 is 85.6. The van der Waals surface area contributed by atoms with E-state index in [0.29, 0.717) is 44.4 Å². The van der Waals surface area contributed by atoms with Gasteiger partial charge in [0.2, 0.25) is 5.91 Å². The second kappa shape index (κ2) is 9.13. The van der Waals surface area contributed by atoms with Crippen LogP contribution in [0.5, 0.6) is 0 Å². The maximum absolute atomic E-state index is 13.3. The molecule has 0 bridgehead atoms. The van der Waals surface area contributed by atoms with E-state index in [2.05, 4.69) is 10.6 Å². The van der Waals surface area contributed by atoms with Crippen molar-refractivity contribution in [2.75, 3.05) is 13.2 Å². The van der Waals surface area contributed by atoms with E-state index in [4.69, 9.17) is 4.74 Å². The van der Waals surface area contributed by atoms with E-state index in [1.165, 1.54) is 6.92 Å². The van der Waals surface area contributed by atoms with Crippen LogP contribution in [0.3, 0.4) is 0 Å². The van der Waals surface area contributed by atoms with Gasteiger partial charge < -0.3 is 15.4 Å². The number of benzene rings is 2. The molecule has 0 saturated carbocycles. The molecule has 4 rings (SSSR count). The minimum atomic E-state index is -4.92. The number of nitrogens with one attached hydrogen (secondary N) is 2. The summed E-state index contributed by atoms with van der Waals surface area (Å²) in [6.45, 7) is 1.95. The lowest BCUT2D eigenvalue weighted by atomic mass is 9.76. The zero-order valence-electron chi connectivity index (χ0n) is 19.0. The second-order valence-corrected chi connectivity index (χ2v) is 9.42. The van der Waals surface area contributed by atoms with Gasteiger partial charge in [-0.1, -0.05) is 30.3 Å². The van der Waals surface area contributed by atoms with Crippen molar-refractivity contribution in [1.29, 1.82) is 0 Å². The molecule has 0 unspecified atom stereocenters. The van der Waals surface area contributed by atoms with Gasteiger partial charge in [0, 0.05) is 13.0 Å². The molecule has 0 aliphatic carbocycles. The van der Waals surface area contributed by atoms with Crippen molar-refractivity contribution in [3.8, 4) is 0 Å². The van der Waals surface area contributed by atoms with Gasteiger partial charge >= 0.3 is 12.4 Å². The van der Waals surface area contributed by atoms with Crippen LogP contribution in [0.25, 0.3) is 0 Å². The van der Waals surface area contributed by atoms with Crippen LogP contribution in [0.1, 0.15) is 61.0 Å². The van der Waals surface area contributed by atoms with Crippen LogP contribution >= 0.6 is 0 Å². The summed E-state index contributed by atoms with van der Waals surface area (Å²) in [6, 6.07) is 10.9. The normalized spacial score (nSPS) is 26.1. The number of piperidine rings is 1.